The summed E-state index contributed by atoms with van der Waals surface area (Å²) in [5.41, 5.74) is 5.60. The molecule has 0 saturated carbocycles. The molecule has 0 aliphatic carbocycles. The van der Waals surface area contributed by atoms with Gasteiger partial charge in [0.05, 0.1) is 4.47 Å². The van der Waals surface area contributed by atoms with Crippen LogP contribution in [0.25, 0.3) is 5.13 Å². The number of nitrogens with zero attached hydrogens (tertiary/aromatic N) is 4. The van der Waals surface area contributed by atoms with Crippen molar-refractivity contribution in [1.29, 1.82) is 0 Å². The molecule has 0 bridgehead atoms. The van der Waals surface area contributed by atoms with E-state index in [1.807, 2.05) is 0 Å². The summed E-state index contributed by atoms with van der Waals surface area (Å²) in [5, 5.41) is 4.86. The van der Waals surface area contributed by atoms with Crippen molar-refractivity contribution in [2.24, 2.45) is 0 Å². The van der Waals surface area contributed by atoms with Crippen molar-refractivity contribution in [2.45, 2.75) is 26.2 Å². The molecule has 2 aromatic heterocycles. The zero-order chi connectivity index (χ0) is 11.9. The predicted octanol–water partition coefficient (Wildman–Crippen LogP) is 2.37. The Bertz CT molecular complexity index is 491. The Morgan fingerprint density at radius 1 is 1.44 bits per heavy atom. The van der Waals surface area contributed by atoms with E-state index in [9.17, 15) is 0 Å². The maximum Gasteiger partial charge on any atom is 0.230 e. The Kier molecular flexibility index (Phi) is 2.75. The third-order valence-electron chi connectivity index (χ3n) is 1.98. The second-order valence-electron chi connectivity index (χ2n) is 4.46. The Balaban J connectivity index is 2.39. The summed E-state index contributed by atoms with van der Waals surface area (Å²) < 4.78 is 6.71. The first-order chi connectivity index (χ1) is 7.38. The monoisotopic (exact) mass is 301 g/mol. The van der Waals surface area contributed by atoms with E-state index in [2.05, 4.69) is 51.2 Å². The van der Waals surface area contributed by atoms with Crippen LogP contribution >= 0.6 is 27.5 Å². The van der Waals surface area contributed by atoms with Gasteiger partial charge in [0, 0.05) is 23.1 Å². The van der Waals surface area contributed by atoms with Crippen LogP contribution in [0.15, 0.2) is 10.7 Å². The fourth-order valence-corrected chi connectivity index (χ4v) is 2.14. The highest BCUT2D eigenvalue weighted by atomic mass is 79.9. The average molecular weight is 302 g/mol. The first kappa shape index (κ1) is 11.5. The maximum absolute atomic E-state index is 5.65. The zero-order valence-corrected chi connectivity index (χ0v) is 11.6. The SMILES string of the molecule is CC(C)(C)c1nsc(-n2cc(Br)c(N)n2)n1. The fourth-order valence-electron chi connectivity index (χ4n) is 1.08. The van der Waals surface area contributed by atoms with Crippen LogP contribution in [0.4, 0.5) is 5.82 Å². The van der Waals surface area contributed by atoms with E-state index in [1.165, 1.54) is 11.5 Å². The molecule has 2 N–H and O–H groups in total. The van der Waals surface area contributed by atoms with Crippen LogP contribution in [0.1, 0.15) is 26.6 Å². The Hall–Kier alpha value is -0.950. The van der Waals surface area contributed by atoms with Crippen LogP contribution in [0.5, 0.6) is 0 Å². The second-order valence-corrected chi connectivity index (χ2v) is 6.04. The number of aromatic nitrogens is 4. The van der Waals surface area contributed by atoms with Crippen LogP contribution in [0.3, 0.4) is 0 Å². The molecule has 2 rings (SSSR count). The molecule has 16 heavy (non-hydrogen) atoms. The molecule has 86 valence electrons. The van der Waals surface area contributed by atoms with Crippen molar-refractivity contribution in [2.75, 3.05) is 5.73 Å². The van der Waals surface area contributed by atoms with E-state index < -0.39 is 0 Å². The highest BCUT2D eigenvalue weighted by Crippen LogP contribution is 2.24. The molecule has 7 heteroatoms. The summed E-state index contributed by atoms with van der Waals surface area (Å²) in [5.74, 6) is 1.27. The van der Waals surface area contributed by atoms with E-state index in [1.54, 1.807) is 10.9 Å². The third kappa shape index (κ3) is 2.10. The van der Waals surface area contributed by atoms with Gasteiger partial charge in [0.15, 0.2) is 5.82 Å². The molecule has 2 aromatic rings. The summed E-state index contributed by atoms with van der Waals surface area (Å²) in [4.78, 5) is 4.44. The van der Waals surface area contributed by atoms with Crippen molar-refractivity contribution < 1.29 is 0 Å². The average Bonchev–Trinajstić information content (AvgIpc) is 2.73. The molecule has 0 amide bonds. The van der Waals surface area contributed by atoms with Gasteiger partial charge in [-0.25, -0.2) is 9.67 Å². The third-order valence-corrected chi connectivity index (χ3v) is 3.29. The van der Waals surface area contributed by atoms with Crippen LogP contribution in [0, 0.1) is 0 Å². The van der Waals surface area contributed by atoms with Gasteiger partial charge in [-0.05, 0) is 15.9 Å². The highest BCUT2D eigenvalue weighted by Gasteiger charge is 2.20. The Morgan fingerprint density at radius 2 is 2.12 bits per heavy atom. The standard InChI is InChI=1S/C9H12BrN5S/c1-9(2,3)7-12-8(16-14-7)15-4-5(10)6(11)13-15/h4H,1-3H3,(H2,11,13). The van der Waals surface area contributed by atoms with Gasteiger partial charge in [-0.3, -0.25) is 0 Å². The van der Waals surface area contributed by atoms with Gasteiger partial charge in [0.1, 0.15) is 5.82 Å². The van der Waals surface area contributed by atoms with Crippen LogP contribution < -0.4 is 5.73 Å². The van der Waals surface area contributed by atoms with Gasteiger partial charge in [-0.2, -0.15) is 4.37 Å². The fraction of sp³-hybridized carbons (Fsp3) is 0.444. The summed E-state index contributed by atoms with van der Waals surface area (Å²) in [6.07, 6.45) is 1.78. The summed E-state index contributed by atoms with van der Waals surface area (Å²) >= 11 is 4.62. The van der Waals surface area contributed by atoms with Crippen LogP contribution in [-0.4, -0.2) is 19.1 Å². The second kappa shape index (κ2) is 3.81. The minimum atomic E-state index is -0.0509. The molecule has 2 heterocycles. The molecule has 0 spiro atoms. The summed E-state index contributed by atoms with van der Waals surface area (Å²) in [6, 6.07) is 0. The molecule has 5 nitrogen and oxygen atoms in total. The Labute approximate surface area is 106 Å². The van der Waals surface area contributed by atoms with Crippen molar-refractivity contribution in [1.82, 2.24) is 19.1 Å². The number of anilines is 1. The van der Waals surface area contributed by atoms with Gasteiger partial charge in [-0.1, -0.05) is 20.8 Å². The largest absolute Gasteiger partial charge is 0.381 e. The minimum Gasteiger partial charge on any atom is -0.381 e. The quantitative estimate of drug-likeness (QED) is 0.878. The highest BCUT2D eigenvalue weighted by molar-refractivity contribution is 9.10. The van der Waals surface area contributed by atoms with E-state index in [-0.39, 0.29) is 5.41 Å². The summed E-state index contributed by atoms with van der Waals surface area (Å²) in [7, 11) is 0. The first-order valence-electron chi connectivity index (χ1n) is 4.73. The lowest BCUT2D eigenvalue weighted by Crippen LogP contribution is -2.13. The number of hydrogen-bond acceptors (Lipinski definition) is 5. The van der Waals surface area contributed by atoms with Crippen molar-refractivity contribution in [3.8, 4) is 5.13 Å². The first-order valence-corrected chi connectivity index (χ1v) is 6.30. The molecule has 0 radical (unpaired) electrons. The summed E-state index contributed by atoms with van der Waals surface area (Å²) in [6.45, 7) is 6.23. The van der Waals surface area contributed by atoms with E-state index >= 15 is 0 Å². The lowest BCUT2D eigenvalue weighted by atomic mass is 9.96. The van der Waals surface area contributed by atoms with Crippen LogP contribution in [-0.2, 0) is 5.41 Å². The molecule has 0 aliphatic rings. The van der Waals surface area contributed by atoms with E-state index in [0.717, 1.165) is 15.4 Å². The van der Waals surface area contributed by atoms with Crippen molar-refractivity contribution in [3.05, 3.63) is 16.5 Å². The van der Waals surface area contributed by atoms with E-state index in [0.29, 0.717) is 5.82 Å². The number of nitrogen functional groups attached to an aromatic ring is 1. The molecule has 0 unspecified atom stereocenters. The van der Waals surface area contributed by atoms with Gasteiger partial charge >= 0.3 is 0 Å². The molecular weight excluding hydrogens is 290 g/mol. The number of hydrogen-bond donors (Lipinski definition) is 1. The van der Waals surface area contributed by atoms with Gasteiger partial charge in [-0.15, -0.1) is 5.10 Å². The minimum absolute atomic E-state index is 0.0509. The number of halogens is 1. The molecule has 0 saturated heterocycles. The zero-order valence-electron chi connectivity index (χ0n) is 9.23. The predicted molar refractivity (Wildman–Crippen MR) is 67.8 cm³/mol. The van der Waals surface area contributed by atoms with Crippen molar-refractivity contribution in [3.63, 3.8) is 0 Å². The molecule has 0 aliphatic heterocycles. The lowest BCUT2D eigenvalue weighted by molar-refractivity contribution is 0.553. The molecule has 0 fully saturated rings. The maximum atomic E-state index is 5.65. The van der Waals surface area contributed by atoms with Crippen molar-refractivity contribution >= 4 is 33.3 Å². The van der Waals surface area contributed by atoms with Gasteiger partial charge in [0.2, 0.25) is 5.13 Å². The number of rotatable bonds is 1. The number of nitrogens with two attached hydrogens (primary N) is 1. The van der Waals surface area contributed by atoms with Gasteiger partial charge < -0.3 is 5.73 Å². The molecular formula is C9H12BrN5S. The topological polar surface area (TPSA) is 69.6 Å². The smallest absolute Gasteiger partial charge is 0.230 e. The van der Waals surface area contributed by atoms with E-state index in [4.69, 9.17) is 5.73 Å². The lowest BCUT2D eigenvalue weighted by Gasteiger charge is -2.11. The molecule has 0 aromatic carbocycles. The normalized spacial score (nSPS) is 12.0. The van der Waals surface area contributed by atoms with Crippen LogP contribution in [0.2, 0.25) is 0 Å². The Morgan fingerprint density at radius 3 is 2.56 bits per heavy atom. The van der Waals surface area contributed by atoms with Gasteiger partial charge in [0.25, 0.3) is 0 Å². The molecule has 0 atom stereocenters.